The van der Waals surface area contributed by atoms with Crippen molar-refractivity contribution < 1.29 is 4.79 Å². The van der Waals surface area contributed by atoms with Crippen molar-refractivity contribution in [3.05, 3.63) is 45.0 Å². The van der Waals surface area contributed by atoms with E-state index in [2.05, 4.69) is 40.1 Å². The number of aromatic nitrogens is 2. The Kier molecular flexibility index (Phi) is 4.25. The molecule has 114 valence electrons. The predicted molar refractivity (Wildman–Crippen MR) is 95.1 cm³/mol. The summed E-state index contributed by atoms with van der Waals surface area (Å²) >= 11 is 10.8. The first-order chi connectivity index (χ1) is 10.5. The van der Waals surface area contributed by atoms with Gasteiger partial charge in [-0.15, -0.1) is 0 Å². The molecule has 1 amide bonds. The molecular formula is C15H13BrClN3OS. The number of halogens is 2. The molecule has 3 aromatic rings. The highest BCUT2D eigenvalue weighted by atomic mass is 79.9. The van der Waals surface area contributed by atoms with Crippen LogP contribution in [0.4, 0.5) is 5.13 Å². The molecule has 0 aliphatic heterocycles. The lowest BCUT2D eigenvalue weighted by Gasteiger charge is -2.08. The van der Waals surface area contributed by atoms with E-state index in [0.717, 1.165) is 14.7 Å². The van der Waals surface area contributed by atoms with Gasteiger partial charge in [0.1, 0.15) is 0 Å². The van der Waals surface area contributed by atoms with Gasteiger partial charge in [0, 0.05) is 22.6 Å². The standard InChI is InChI=1S/C15H13BrClN3OS/c1-8(2)20-7-11(10-4-3-9(17)5-12(10)20)14(21)19-15-18-6-13(16)22-15/h3-8H,1-2H3,(H,18,19,21). The number of amides is 1. The Hall–Kier alpha value is -1.37. The van der Waals surface area contributed by atoms with Gasteiger partial charge in [-0.1, -0.05) is 29.0 Å². The van der Waals surface area contributed by atoms with Crippen LogP contribution in [0.3, 0.4) is 0 Å². The summed E-state index contributed by atoms with van der Waals surface area (Å²) in [7, 11) is 0. The fraction of sp³-hybridized carbons (Fsp3) is 0.200. The SMILES string of the molecule is CC(C)n1cc(C(=O)Nc2ncc(Br)s2)c2ccc(Cl)cc21. The Morgan fingerprint density at radius 1 is 1.45 bits per heavy atom. The number of fused-ring (bicyclic) bond motifs is 1. The fourth-order valence-corrected chi connectivity index (χ4v) is 3.58. The Morgan fingerprint density at radius 3 is 2.86 bits per heavy atom. The molecule has 2 aromatic heterocycles. The van der Waals surface area contributed by atoms with Crippen LogP contribution >= 0.6 is 38.9 Å². The maximum atomic E-state index is 12.6. The summed E-state index contributed by atoms with van der Waals surface area (Å²) in [6.45, 7) is 4.14. The molecule has 4 nitrogen and oxygen atoms in total. The topological polar surface area (TPSA) is 46.9 Å². The van der Waals surface area contributed by atoms with Crippen LogP contribution in [-0.2, 0) is 0 Å². The van der Waals surface area contributed by atoms with E-state index in [-0.39, 0.29) is 11.9 Å². The van der Waals surface area contributed by atoms with Gasteiger partial charge in [-0.3, -0.25) is 10.1 Å². The lowest BCUT2D eigenvalue weighted by Crippen LogP contribution is -2.11. The van der Waals surface area contributed by atoms with Crippen LogP contribution in [0.5, 0.6) is 0 Å². The molecule has 0 saturated heterocycles. The van der Waals surface area contributed by atoms with E-state index in [4.69, 9.17) is 11.6 Å². The molecule has 0 radical (unpaired) electrons. The number of hydrogen-bond donors (Lipinski definition) is 1. The molecule has 0 aliphatic carbocycles. The molecule has 0 spiro atoms. The van der Waals surface area contributed by atoms with Crippen LogP contribution in [0.2, 0.25) is 5.02 Å². The molecule has 0 bridgehead atoms. The van der Waals surface area contributed by atoms with Gasteiger partial charge in [0.2, 0.25) is 0 Å². The summed E-state index contributed by atoms with van der Waals surface area (Å²) in [5.41, 5.74) is 1.57. The first kappa shape index (κ1) is 15.5. The fourth-order valence-electron chi connectivity index (χ4n) is 2.31. The summed E-state index contributed by atoms with van der Waals surface area (Å²) in [5.74, 6) is -0.173. The van der Waals surface area contributed by atoms with Gasteiger partial charge in [0.15, 0.2) is 5.13 Å². The zero-order valence-corrected chi connectivity index (χ0v) is 15.1. The van der Waals surface area contributed by atoms with Crippen molar-refractivity contribution >= 4 is 60.8 Å². The van der Waals surface area contributed by atoms with Crippen molar-refractivity contribution in [1.29, 1.82) is 0 Å². The Morgan fingerprint density at radius 2 is 2.23 bits per heavy atom. The number of rotatable bonds is 3. The molecule has 2 heterocycles. The van der Waals surface area contributed by atoms with E-state index in [1.54, 1.807) is 12.3 Å². The molecule has 0 unspecified atom stereocenters. The summed E-state index contributed by atoms with van der Waals surface area (Å²) < 4.78 is 2.92. The smallest absolute Gasteiger partial charge is 0.259 e. The number of hydrogen-bond acceptors (Lipinski definition) is 3. The van der Waals surface area contributed by atoms with Crippen molar-refractivity contribution in [1.82, 2.24) is 9.55 Å². The third kappa shape index (κ3) is 2.91. The second-order valence-corrected chi connectivity index (χ2v) is 7.98. The Balaban J connectivity index is 2.04. The average molecular weight is 399 g/mol. The summed E-state index contributed by atoms with van der Waals surface area (Å²) in [6.07, 6.45) is 3.53. The number of carbonyl (C=O) groups excluding carboxylic acids is 1. The summed E-state index contributed by atoms with van der Waals surface area (Å²) in [6, 6.07) is 5.79. The number of thiazole rings is 1. The maximum absolute atomic E-state index is 12.6. The van der Waals surface area contributed by atoms with Gasteiger partial charge in [-0.2, -0.15) is 0 Å². The molecule has 0 aliphatic rings. The van der Waals surface area contributed by atoms with Gasteiger partial charge in [0.05, 0.1) is 21.1 Å². The van der Waals surface area contributed by atoms with Crippen molar-refractivity contribution in [2.45, 2.75) is 19.9 Å². The van der Waals surface area contributed by atoms with Gasteiger partial charge in [0.25, 0.3) is 5.91 Å². The van der Waals surface area contributed by atoms with Gasteiger partial charge in [-0.25, -0.2) is 4.98 Å². The van der Waals surface area contributed by atoms with Crippen LogP contribution in [0.15, 0.2) is 34.4 Å². The Labute approximate surface area is 145 Å². The maximum Gasteiger partial charge on any atom is 0.259 e. The number of nitrogens with zero attached hydrogens (tertiary/aromatic N) is 2. The summed E-state index contributed by atoms with van der Waals surface area (Å²) in [4.78, 5) is 16.7. The average Bonchev–Trinajstić information content (AvgIpc) is 3.02. The number of benzene rings is 1. The van der Waals surface area contributed by atoms with Crippen LogP contribution in [0, 0.1) is 0 Å². The van der Waals surface area contributed by atoms with E-state index >= 15 is 0 Å². The molecule has 3 rings (SSSR count). The molecule has 0 atom stereocenters. The highest BCUT2D eigenvalue weighted by Crippen LogP contribution is 2.29. The monoisotopic (exact) mass is 397 g/mol. The highest BCUT2D eigenvalue weighted by Gasteiger charge is 2.17. The Bertz CT molecular complexity index is 856. The van der Waals surface area contributed by atoms with Crippen LogP contribution < -0.4 is 5.32 Å². The molecular weight excluding hydrogens is 386 g/mol. The largest absolute Gasteiger partial charge is 0.344 e. The van der Waals surface area contributed by atoms with Crippen LogP contribution in [0.25, 0.3) is 10.9 Å². The van der Waals surface area contributed by atoms with E-state index in [1.807, 2.05) is 22.9 Å². The number of carbonyl (C=O) groups is 1. The minimum atomic E-state index is -0.173. The molecule has 7 heteroatoms. The zero-order valence-electron chi connectivity index (χ0n) is 11.9. The molecule has 1 N–H and O–H groups in total. The third-order valence-electron chi connectivity index (χ3n) is 3.30. The van der Waals surface area contributed by atoms with Gasteiger partial charge < -0.3 is 4.57 Å². The summed E-state index contributed by atoms with van der Waals surface area (Å²) in [5, 5.41) is 4.93. The second kappa shape index (κ2) is 6.02. The molecule has 1 aromatic carbocycles. The van der Waals surface area contributed by atoms with Crippen molar-refractivity contribution in [3.8, 4) is 0 Å². The van der Waals surface area contributed by atoms with Gasteiger partial charge >= 0.3 is 0 Å². The van der Waals surface area contributed by atoms with Crippen LogP contribution in [0.1, 0.15) is 30.2 Å². The van der Waals surface area contributed by atoms with E-state index in [9.17, 15) is 4.79 Å². The quantitative estimate of drug-likeness (QED) is 0.646. The normalized spacial score (nSPS) is 11.3. The van der Waals surface area contributed by atoms with Gasteiger partial charge in [-0.05, 0) is 41.9 Å². The lowest BCUT2D eigenvalue weighted by molar-refractivity contribution is 0.102. The van der Waals surface area contributed by atoms with E-state index in [1.165, 1.54) is 11.3 Å². The first-order valence-corrected chi connectivity index (χ1v) is 8.67. The highest BCUT2D eigenvalue weighted by molar-refractivity contribution is 9.11. The lowest BCUT2D eigenvalue weighted by atomic mass is 10.1. The molecule has 0 fully saturated rings. The minimum Gasteiger partial charge on any atom is -0.344 e. The minimum absolute atomic E-state index is 0.173. The van der Waals surface area contributed by atoms with Crippen LogP contribution in [-0.4, -0.2) is 15.5 Å². The molecule has 0 saturated carbocycles. The zero-order chi connectivity index (χ0) is 15.9. The predicted octanol–water partition coefficient (Wildman–Crippen LogP) is 5.35. The number of anilines is 1. The van der Waals surface area contributed by atoms with Crippen molar-refractivity contribution in [2.24, 2.45) is 0 Å². The van der Waals surface area contributed by atoms with Crippen molar-refractivity contribution in [3.63, 3.8) is 0 Å². The first-order valence-electron chi connectivity index (χ1n) is 6.68. The second-order valence-electron chi connectivity index (χ2n) is 5.13. The van der Waals surface area contributed by atoms with E-state index < -0.39 is 0 Å². The number of nitrogens with one attached hydrogen (secondary N) is 1. The van der Waals surface area contributed by atoms with Crippen molar-refractivity contribution in [2.75, 3.05) is 5.32 Å². The third-order valence-corrected chi connectivity index (χ3v) is 4.92. The molecule has 22 heavy (non-hydrogen) atoms. The van der Waals surface area contributed by atoms with E-state index in [0.29, 0.717) is 15.7 Å².